The summed E-state index contributed by atoms with van der Waals surface area (Å²) in [7, 11) is -3.22. The highest BCUT2D eigenvalue weighted by molar-refractivity contribution is 7.88. The van der Waals surface area contributed by atoms with Crippen LogP contribution in [0.4, 0.5) is 0 Å². The molecule has 0 radical (unpaired) electrons. The average molecular weight is 318 g/mol. The van der Waals surface area contributed by atoms with Gasteiger partial charge in [0, 0.05) is 24.5 Å². The van der Waals surface area contributed by atoms with Gasteiger partial charge in [-0.2, -0.15) is 0 Å². The van der Waals surface area contributed by atoms with Gasteiger partial charge in [-0.1, -0.05) is 19.9 Å². The highest BCUT2D eigenvalue weighted by Gasteiger charge is 2.17. The van der Waals surface area contributed by atoms with E-state index >= 15 is 0 Å². The van der Waals surface area contributed by atoms with Crippen molar-refractivity contribution in [2.45, 2.75) is 20.3 Å². The molecule has 1 amide bonds. The zero-order valence-corrected chi connectivity index (χ0v) is 13.8. The normalized spacial score (nSPS) is 12.1. The van der Waals surface area contributed by atoms with Gasteiger partial charge in [0.15, 0.2) is 0 Å². The number of carbonyl (C=O) groups is 1. The van der Waals surface area contributed by atoms with Crippen LogP contribution in [0, 0.1) is 5.92 Å². The lowest BCUT2D eigenvalue weighted by atomic mass is 10.2. The molecule has 0 aliphatic rings. The molecule has 0 fully saturated rings. The number of hydrogen-bond acceptors (Lipinski definition) is 4. The summed E-state index contributed by atoms with van der Waals surface area (Å²) in [4.78, 5) is 12.7. The molecular weight excluding hydrogens is 296 g/mol. The Morgan fingerprint density at radius 1 is 1.45 bits per heavy atom. The molecule has 0 atom stereocenters. The molecule has 1 heterocycles. The molecule has 0 aliphatic heterocycles. The van der Waals surface area contributed by atoms with Crippen molar-refractivity contribution in [1.29, 1.82) is 0 Å². The molecule has 0 spiro atoms. The number of amides is 1. The van der Waals surface area contributed by atoms with Crippen molar-refractivity contribution in [3.63, 3.8) is 0 Å². The summed E-state index contributed by atoms with van der Waals surface area (Å²) in [6.07, 6.45) is 1.55. The van der Waals surface area contributed by atoms with Crippen molar-refractivity contribution in [3.05, 3.63) is 22.4 Å². The van der Waals surface area contributed by atoms with Gasteiger partial charge in [-0.25, -0.2) is 12.7 Å². The molecule has 0 saturated heterocycles. The standard InChI is InChI=1S/C13H22N2O3S2/c1-11(2)10-15(20(3,17)18)7-6-14-13(16)9-12-5-4-8-19-12/h4-5,8,11H,6-7,9-10H2,1-3H3,(H,14,16). The zero-order valence-electron chi connectivity index (χ0n) is 12.1. The summed E-state index contributed by atoms with van der Waals surface area (Å²) in [5.41, 5.74) is 0. The first-order valence-corrected chi connectivity index (χ1v) is 9.26. The van der Waals surface area contributed by atoms with E-state index in [1.54, 1.807) is 0 Å². The number of nitrogens with one attached hydrogen (secondary N) is 1. The van der Waals surface area contributed by atoms with Crippen molar-refractivity contribution in [1.82, 2.24) is 9.62 Å². The Bertz CT molecular complexity index is 510. The maximum Gasteiger partial charge on any atom is 0.225 e. The minimum atomic E-state index is -3.22. The van der Waals surface area contributed by atoms with Crippen LogP contribution >= 0.6 is 11.3 Å². The van der Waals surface area contributed by atoms with E-state index in [9.17, 15) is 13.2 Å². The molecule has 0 bridgehead atoms. The Hall–Kier alpha value is -0.920. The quantitative estimate of drug-likeness (QED) is 0.786. The van der Waals surface area contributed by atoms with E-state index in [1.165, 1.54) is 21.9 Å². The molecule has 0 aromatic carbocycles. The van der Waals surface area contributed by atoms with E-state index in [-0.39, 0.29) is 11.8 Å². The van der Waals surface area contributed by atoms with Gasteiger partial charge in [0.25, 0.3) is 0 Å². The number of thiophene rings is 1. The second kappa shape index (κ2) is 7.75. The predicted molar refractivity (Wildman–Crippen MR) is 82.3 cm³/mol. The smallest absolute Gasteiger partial charge is 0.225 e. The molecule has 1 N–H and O–H groups in total. The van der Waals surface area contributed by atoms with E-state index in [0.29, 0.717) is 26.1 Å². The van der Waals surface area contributed by atoms with Gasteiger partial charge in [-0.3, -0.25) is 4.79 Å². The number of rotatable bonds is 8. The highest BCUT2D eigenvalue weighted by atomic mass is 32.2. The molecule has 114 valence electrons. The van der Waals surface area contributed by atoms with E-state index in [2.05, 4.69) is 5.32 Å². The number of sulfonamides is 1. The first-order chi connectivity index (χ1) is 9.29. The van der Waals surface area contributed by atoms with Crippen LogP contribution in [-0.2, 0) is 21.2 Å². The molecule has 5 nitrogen and oxygen atoms in total. The second-order valence-corrected chi connectivity index (χ2v) is 8.14. The van der Waals surface area contributed by atoms with E-state index in [4.69, 9.17) is 0 Å². The molecule has 0 unspecified atom stereocenters. The van der Waals surface area contributed by atoms with Gasteiger partial charge in [-0.15, -0.1) is 11.3 Å². The van der Waals surface area contributed by atoms with Gasteiger partial charge in [0.05, 0.1) is 12.7 Å². The predicted octanol–water partition coefficient (Wildman–Crippen LogP) is 1.32. The van der Waals surface area contributed by atoms with Crippen LogP contribution in [0.2, 0.25) is 0 Å². The van der Waals surface area contributed by atoms with Crippen LogP contribution < -0.4 is 5.32 Å². The fourth-order valence-electron chi connectivity index (χ4n) is 1.75. The molecule has 1 aromatic rings. The Kier molecular flexibility index (Phi) is 6.64. The zero-order chi connectivity index (χ0) is 15.2. The highest BCUT2D eigenvalue weighted by Crippen LogP contribution is 2.08. The number of hydrogen-bond donors (Lipinski definition) is 1. The van der Waals surface area contributed by atoms with Crippen molar-refractivity contribution in [2.75, 3.05) is 25.9 Å². The van der Waals surface area contributed by atoms with Crippen LogP contribution in [-0.4, -0.2) is 44.5 Å². The minimum Gasteiger partial charge on any atom is -0.354 e. The van der Waals surface area contributed by atoms with Crippen LogP contribution in [0.15, 0.2) is 17.5 Å². The van der Waals surface area contributed by atoms with Gasteiger partial charge < -0.3 is 5.32 Å². The van der Waals surface area contributed by atoms with Gasteiger partial charge >= 0.3 is 0 Å². The first kappa shape index (κ1) is 17.1. The second-order valence-electron chi connectivity index (χ2n) is 5.12. The van der Waals surface area contributed by atoms with Gasteiger partial charge in [0.1, 0.15) is 0 Å². The summed E-state index contributed by atoms with van der Waals surface area (Å²) in [5, 5.41) is 4.69. The Balaban J connectivity index is 2.38. The summed E-state index contributed by atoms with van der Waals surface area (Å²) in [6.45, 7) is 5.05. The minimum absolute atomic E-state index is 0.0783. The lowest BCUT2D eigenvalue weighted by Gasteiger charge is -2.21. The summed E-state index contributed by atoms with van der Waals surface area (Å²) >= 11 is 1.54. The third kappa shape index (κ3) is 6.49. The fourth-order valence-corrected chi connectivity index (χ4v) is 3.45. The summed E-state index contributed by atoms with van der Waals surface area (Å²) in [6, 6.07) is 3.81. The topological polar surface area (TPSA) is 66.5 Å². The summed E-state index contributed by atoms with van der Waals surface area (Å²) < 4.78 is 24.6. The molecule has 1 rings (SSSR count). The monoisotopic (exact) mass is 318 g/mol. The largest absolute Gasteiger partial charge is 0.354 e. The van der Waals surface area contributed by atoms with Gasteiger partial charge in [-0.05, 0) is 17.4 Å². The average Bonchev–Trinajstić information content (AvgIpc) is 2.78. The maximum atomic E-state index is 11.7. The van der Waals surface area contributed by atoms with Crippen molar-refractivity contribution in [3.8, 4) is 0 Å². The molecule has 7 heteroatoms. The van der Waals surface area contributed by atoms with Crippen LogP contribution in [0.1, 0.15) is 18.7 Å². The Morgan fingerprint density at radius 2 is 2.15 bits per heavy atom. The van der Waals surface area contributed by atoms with Crippen molar-refractivity contribution in [2.24, 2.45) is 5.92 Å². The third-order valence-corrected chi connectivity index (χ3v) is 4.78. The Morgan fingerprint density at radius 3 is 2.65 bits per heavy atom. The molecule has 0 aliphatic carbocycles. The first-order valence-electron chi connectivity index (χ1n) is 6.53. The lowest BCUT2D eigenvalue weighted by Crippen LogP contribution is -2.40. The van der Waals surface area contributed by atoms with E-state index in [1.807, 2.05) is 31.4 Å². The lowest BCUT2D eigenvalue weighted by molar-refractivity contribution is -0.120. The third-order valence-electron chi connectivity index (χ3n) is 2.64. The number of carbonyl (C=O) groups excluding carboxylic acids is 1. The number of nitrogens with zero attached hydrogens (tertiary/aromatic N) is 1. The van der Waals surface area contributed by atoms with E-state index in [0.717, 1.165) is 4.88 Å². The molecule has 20 heavy (non-hydrogen) atoms. The Labute approximate surface area is 125 Å². The van der Waals surface area contributed by atoms with Crippen LogP contribution in [0.5, 0.6) is 0 Å². The molecular formula is C13H22N2O3S2. The fraction of sp³-hybridized carbons (Fsp3) is 0.615. The maximum absolute atomic E-state index is 11.7. The van der Waals surface area contributed by atoms with Crippen LogP contribution in [0.3, 0.4) is 0 Å². The van der Waals surface area contributed by atoms with Gasteiger partial charge in [0.2, 0.25) is 15.9 Å². The van der Waals surface area contributed by atoms with Crippen molar-refractivity contribution < 1.29 is 13.2 Å². The van der Waals surface area contributed by atoms with Crippen molar-refractivity contribution >= 4 is 27.3 Å². The summed E-state index contributed by atoms with van der Waals surface area (Å²) in [5.74, 6) is 0.178. The SMILES string of the molecule is CC(C)CN(CCNC(=O)Cc1cccs1)S(C)(=O)=O. The van der Waals surface area contributed by atoms with E-state index < -0.39 is 10.0 Å². The molecule has 0 saturated carbocycles. The van der Waals surface area contributed by atoms with Crippen LogP contribution in [0.25, 0.3) is 0 Å². The molecule has 1 aromatic heterocycles.